The van der Waals surface area contributed by atoms with E-state index in [1.165, 1.54) is 24.3 Å². The van der Waals surface area contributed by atoms with E-state index in [1.807, 2.05) is 0 Å². The number of rotatable bonds is 4. The molecule has 0 spiro atoms. The molecule has 1 aromatic carbocycles. The summed E-state index contributed by atoms with van der Waals surface area (Å²) >= 11 is 13.0. The van der Waals surface area contributed by atoms with E-state index in [0.717, 1.165) is 17.4 Å². The van der Waals surface area contributed by atoms with Gasteiger partial charge in [0, 0.05) is 26.2 Å². The van der Waals surface area contributed by atoms with Crippen molar-refractivity contribution >= 4 is 52.0 Å². The lowest BCUT2D eigenvalue weighted by Gasteiger charge is -2.34. The Morgan fingerprint density at radius 3 is 2.34 bits per heavy atom. The standard InChI is InChI=1S/C18H16Cl2F3N3O2S/c19-14-9-11(16(20)29-14)17(28)26-7-5-25(6-8-26)10-15(27)24-13-4-2-1-3-12(13)18(21,22)23/h1-4,9H,5-8,10H2,(H,24,27). The molecule has 156 valence electrons. The minimum atomic E-state index is -4.55. The summed E-state index contributed by atoms with van der Waals surface area (Å²) in [6.07, 6.45) is -4.55. The monoisotopic (exact) mass is 465 g/mol. The Balaban J connectivity index is 1.54. The number of halogens is 5. The highest BCUT2D eigenvalue weighted by Gasteiger charge is 2.33. The Hall–Kier alpha value is -1.81. The number of carbonyl (C=O) groups is 2. The molecule has 29 heavy (non-hydrogen) atoms. The van der Waals surface area contributed by atoms with Crippen molar-refractivity contribution in [1.29, 1.82) is 0 Å². The SMILES string of the molecule is O=C(CN1CCN(C(=O)c2cc(Cl)sc2Cl)CC1)Nc1ccccc1C(F)(F)F. The fraction of sp³-hybridized carbons (Fsp3) is 0.333. The molecule has 2 aromatic rings. The summed E-state index contributed by atoms with van der Waals surface area (Å²) in [6, 6.07) is 6.35. The van der Waals surface area contributed by atoms with E-state index >= 15 is 0 Å². The molecule has 0 bridgehead atoms. The molecular weight excluding hydrogens is 450 g/mol. The second-order valence-corrected chi connectivity index (χ2v) is 8.68. The summed E-state index contributed by atoms with van der Waals surface area (Å²) in [5.41, 5.74) is -0.825. The molecule has 1 saturated heterocycles. The first kappa shape index (κ1) is 21.9. The number of para-hydroxylation sites is 1. The van der Waals surface area contributed by atoms with E-state index in [0.29, 0.717) is 40.4 Å². The summed E-state index contributed by atoms with van der Waals surface area (Å²) in [4.78, 5) is 28.1. The maximum Gasteiger partial charge on any atom is 0.418 e. The van der Waals surface area contributed by atoms with Crippen molar-refractivity contribution in [2.45, 2.75) is 6.18 Å². The fourth-order valence-electron chi connectivity index (χ4n) is 3.00. The Morgan fingerprint density at radius 2 is 1.76 bits per heavy atom. The van der Waals surface area contributed by atoms with Crippen LogP contribution in [0.25, 0.3) is 0 Å². The molecule has 1 aliphatic heterocycles. The molecule has 5 nitrogen and oxygen atoms in total. The fourth-order valence-corrected chi connectivity index (χ4v) is 4.45. The number of alkyl halides is 3. The van der Waals surface area contributed by atoms with Crippen LogP contribution in [0.3, 0.4) is 0 Å². The maximum absolute atomic E-state index is 13.0. The quantitative estimate of drug-likeness (QED) is 0.724. The van der Waals surface area contributed by atoms with E-state index in [9.17, 15) is 22.8 Å². The summed E-state index contributed by atoms with van der Waals surface area (Å²) < 4.78 is 39.8. The average molecular weight is 466 g/mol. The summed E-state index contributed by atoms with van der Waals surface area (Å²) in [7, 11) is 0. The Bertz CT molecular complexity index is 912. The van der Waals surface area contributed by atoms with Crippen LogP contribution < -0.4 is 5.32 Å². The smallest absolute Gasteiger partial charge is 0.336 e. The zero-order valence-electron chi connectivity index (χ0n) is 14.9. The van der Waals surface area contributed by atoms with Gasteiger partial charge in [-0.1, -0.05) is 35.3 Å². The van der Waals surface area contributed by atoms with Crippen LogP contribution in [0.4, 0.5) is 18.9 Å². The van der Waals surface area contributed by atoms with Crippen molar-refractivity contribution in [3.05, 3.63) is 50.1 Å². The first-order valence-electron chi connectivity index (χ1n) is 8.57. The molecule has 0 radical (unpaired) electrons. The number of hydrogen-bond donors (Lipinski definition) is 1. The van der Waals surface area contributed by atoms with Crippen LogP contribution in [0.2, 0.25) is 8.67 Å². The number of piperazine rings is 1. The van der Waals surface area contributed by atoms with E-state index < -0.39 is 17.6 Å². The number of anilines is 1. The highest BCUT2D eigenvalue weighted by atomic mass is 35.5. The van der Waals surface area contributed by atoms with E-state index in [4.69, 9.17) is 23.2 Å². The third-order valence-corrected chi connectivity index (χ3v) is 5.91. The Labute approximate surface area is 179 Å². The van der Waals surface area contributed by atoms with Gasteiger partial charge in [-0.2, -0.15) is 13.2 Å². The summed E-state index contributed by atoms with van der Waals surface area (Å²) in [6.45, 7) is 1.49. The molecule has 2 amide bonds. The second kappa shape index (κ2) is 8.91. The largest absolute Gasteiger partial charge is 0.418 e. The van der Waals surface area contributed by atoms with Crippen molar-refractivity contribution < 1.29 is 22.8 Å². The highest BCUT2D eigenvalue weighted by molar-refractivity contribution is 7.20. The second-order valence-electron chi connectivity index (χ2n) is 6.40. The Kier molecular flexibility index (Phi) is 6.72. The molecule has 0 unspecified atom stereocenters. The first-order chi connectivity index (χ1) is 13.6. The van der Waals surface area contributed by atoms with Gasteiger partial charge in [0.1, 0.15) is 4.34 Å². The third-order valence-electron chi connectivity index (χ3n) is 4.42. The van der Waals surface area contributed by atoms with Gasteiger partial charge in [-0.15, -0.1) is 11.3 Å². The van der Waals surface area contributed by atoms with Crippen molar-refractivity contribution in [3.8, 4) is 0 Å². The zero-order chi connectivity index (χ0) is 21.2. The van der Waals surface area contributed by atoms with Gasteiger partial charge in [-0.25, -0.2) is 0 Å². The van der Waals surface area contributed by atoms with Crippen LogP contribution >= 0.6 is 34.5 Å². The summed E-state index contributed by atoms with van der Waals surface area (Å²) in [5.74, 6) is -0.782. The lowest BCUT2D eigenvalue weighted by atomic mass is 10.1. The molecule has 0 atom stereocenters. The van der Waals surface area contributed by atoms with Gasteiger partial charge in [0.15, 0.2) is 0 Å². The van der Waals surface area contributed by atoms with Crippen LogP contribution in [0.1, 0.15) is 15.9 Å². The van der Waals surface area contributed by atoms with Crippen LogP contribution in [-0.4, -0.2) is 54.3 Å². The zero-order valence-corrected chi connectivity index (χ0v) is 17.3. The number of nitrogens with zero attached hydrogens (tertiary/aromatic N) is 2. The topological polar surface area (TPSA) is 52.7 Å². The molecule has 1 aliphatic rings. The lowest BCUT2D eigenvalue weighted by molar-refractivity contribution is -0.137. The van der Waals surface area contributed by atoms with Gasteiger partial charge in [0.25, 0.3) is 5.91 Å². The molecule has 1 N–H and O–H groups in total. The van der Waals surface area contributed by atoms with Crippen LogP contribution in [0.5, 0.6) is 0 Å². The number of nitrogens with one attached hydrogen (secondary N) is 1. The lowest BCUT2D eigenvalue weighted by Crippen LogP contribution is -2.50. The average Bonchev–Trinajstić information content (AvgIpc) is 2.99. The summed E-state index contributed by atoms with van der Waals surface area (Å²) in [5, 5.41) is 2.32. The molecule has 0 saturated carbocycles. The number of thiophene rings is 1. The number of hydrogen-bond acceptors (Lipinski definition) is 4. The molecule has 11 heteroatoms. The van der Waals surface area contributed by atoms with E-state index in [2.05, 4.69) is 5.32 Å². The molecule has 1 aromatic heterocycles. The van der Waals surface area contributed by atoms with Crippen molar-refractivity contribution in [1.82, 2.24) is 9.80 Å². The number of amides is 2. The minimum absolute atomic E-state index is 0.0702. The predicted octanol–water partition coefficient (Wildman–Crippen LogP) is 4.47. The molecular formula is C18H16Cl2F3N3O2S. The molecule has 3 rings (SSSR count). The maximum atomic E-state index is 13.0. The number of benzene rings is 1. The van der Waals surface area contributed by atoms with Crippen molar-refractivity contribution in [3.63, 3.8) is 0 Å². The highest BCUT2D eigenvalue weighted by Crippen LogP contribution is 2.34. The van der Waals surface area contributed by atoms with Crippen LogP contribution in [0.15, 0.2) is 30.3 Å². The molecule has 0 aliphatic carbocycles. The van der Waals surface area contributed by atoms with E-state index in [-0.39, 0.29) is 18.1 Å². The third kappa shape index (κ3) is 5.42. The number of carbonyl (C=O) groups excluding carboxylic acids is 2. The Morgan fingerprint density at radius 1 is 1.10 bits per heavy atom. The van der Waals surface area contributed by atoms with Gasteiger partial charge >= 0.3 is 6.18 Å². The van der Waals surface area contributed by atoms with Crippen LogP contribution in [-0.2, 0) is 11.0 Å². The first-order valence-corrected chi connectivity index (χ1v) is 10.1. The normalized spacial score (nSPS) is 15.4. The predicted molar refractivity (Wildman–Crippen MR) is 107 cm³/mol. The van der Waals surface area contributed by atoms with Crippen LogP contribution in [0, 0.1) is 0 Å². The van der Waals surface area contributed by atoms with Gasteiger partial charge in [0.2, 0.25) is 5.91 Å². The van der Waals surface area contributed by atoms with Crippen molar-refractivity contribution in [2.24, 2.45) is 0 Å². The molecule has 2 heterocycles. The molecule has 1 fully saturated rings. The van der Waals surface area contributed by atoms with Gasteiger partial charge in [-0.05, 0) is 18.2 Å². The van der Waals surface area contributed by atoms with Crippen molar-refractivity contribution in [2.75, 3.05) is 38.0 Å². The van der Waals surface area contributed by atoms with Gasteiger partial charge in [-0.3, -0.25) is 14.5 Å². The van der Waals surface area contributed by atoms with Gasteiger partial charge in [0.05, 0.1) is 27.7 Å². The van der Waals surface area contributed by atoms with E-state index in [1.54, 1.807) is 9.80 Å². The minimum Gasteiger partial charge on any atom is -0.336 e. The van der Waals surface area contributed by atoms with Gasteiger partial charge < -0.3 is 10.2 Å².